The standard InChI is InChI=1S/C15H14N2O3/c1-9-5-6-10(8-12(9)18-2)13-14(20-17-15(13)16)11-4-3-7-19-11/h3-8H,1-2H3,(H2,16,17). The molecule has 0 unspecified atom stereocenters. The maximum absolute atomic E-state index is 5.92. The summed E-state index contributed by atoms with van der Waals surface area (Å²) in [5, 5.41) is 3.83. The van der Waals surface area contributed by atoms with Gasteiger partial charge < -0.3 is 19.4 Å². The molecule has 2 aromatic heterocycles. The van der Waals surface area contributed by atoms with Crippen molar-refractivity contribution in [3.8, 4) is 28.4 Å². The lowest BCUT2D eigenvalue weighted by Crippen LogP contribution is -1.91. The van der Waals surface area contributed by atoms with Crippen molar-refractivity contribution in [1.29, 1.82) is 0 Å². The Bertz CT molecular complexity index is 730. The zero-order valence-electron chi connectivity index (χ0n) is 11.2. The third-order valence-electron chi connectivity index (χ3n) is 3.16. The number of anilines is 1. The van der Waals surface area contributed by atoms with E-state index in [4.69, 9.17) is 19.4 Å². The van der Waals surface area contributed by atoms with Gasteiger partial charge in [0, 0.05) is 0 Å². The summed E-state index contributed by atoms with van der Waals surface area (Å²) in [5.74, 6) is 2.21. The minimum absolute atomic E-state index is 0.322. The second-order valence-corrected chi connectivity index (χ2v) is 4.43. The number of rotatable bonds is 3. The first kappa shape index (κ1) is 12.3. The molecular formula is C15H14N2O3. The summed E-state index contributed by atoms with van der Waals surface area (Å²) in [6.45, 7) is 1.98. The fraction of sp³-hybridized carbons (Fsp3) is 0.133. The van der Waals surface area contributed by atoms with E-state index >= 15 is 0 Å². The van der Waals surface area contributed by atoms with Crippen molar-refractivity contribution in [2.45, 2.75) is 6.92 Å². The summed E-state index contributed by atoms with van der Waals surface area (Å²) in [4.78, 5) is 0. The Morgan fingerprint density at radius 2 is 2.10 bits per heavy atom. The molecule has 0 aliphatic heterocycles. The van der Waals surface area contributed by atoms with Gasteiger partial charge in [-0.05, 0) is 36.2 Å². The van der Waals surface area contributed by atoms with Gasteiger partial charge >= 0.3 is 0 Å². The molecule has 0 radical (unpaired) electrons. The molecule has 3 aromatic rings. The Labute approximate surface area is 115 Å². The third kappa shape index (κ3) is 1.93. The molecule has 2 N–H and O–H groups in total. The highest BCUT2D eigenvalue weighted by atomic mass is 16.5. The third-order valence-corrected chi connectivity index (χ3v) is 3.16. The van der Waals surface area contributed by atoms with Crippen molar-refractivity contribution in [3.05, 3.63) is 42.2 Å². The first-order valence-electron chi connectivity index (χ1n) is 6.14. The van der Waals surface area contributed by atoms with Crippen LogP contribution in [0.2, 0.25) is 0 Å². The van der Waals surface area contributed by atoms with E-state index in [1.807, 2.05) is 25.1 Å². The van der Waals surface area contributed by atoms with E-state index in [1.165, 1.54) is 0 Å². The minimum Gasteiger partial charge on any atom is -0.496 e. The van der Waals surface area contributed by atoms with Crippen molar-refractivity contribution < 1.29 is 13.7 Å². The number of ether oxygens (including phenoxy) is 1. The van der Waals surface area contributed by atoms with Gasteiger partial charge in [0.1, 0.15) is 5.75 Å². The molecule has 0 saturated carbocycles. The molecule has 0 atom stereocenters. The highest BCUT2D eigenvalue weighted by molar-refractivity contribution is 5.85. The van der Waals surface area contributed by atoms with Gasteiger partial charge in [0.2, 0.25) is 5.76 Å². The second-order valence-electron chi connectivity index (χ2n) is 4.43. The lowest BCUT2D eigenvalue weighted by molar-refractivity contribution is 0.412. The molecule has 5 nitrogen and oxygen atoms in total. The molecule has 0 saturated heterocycles. The first-order chi connectivity index (χ1) is 9.70. The Morgan fingerprint density at radius 3 is 2.80 bits per heavy atom. The van der Waals surface area contributed by atoms with Gasteiger partial charge in [-0.3, -0.25) is 0 Å². The van der Waals surface area contributed by atoms with Crippen LogP contribution < -0.4 is 10.5 Å². The van der Waals surface area contributed by atoms with Gasteiger partial charge in [0.05, 0.1) is 18.9 Å². The van der Waals surface area contributed by atoms with Crippen LogP contribution in [0.15, 0.2) is 45.5 Å². The van der Waals surface area contributed by atoms with E-state index in [1.54, 1.807) is 25.5 Å². The smallest absolute Gasteiger partial charge is 0.212 e. The first-order valence-corrected chi connectivity index (χ1v) is 6.14. The molecule has 102 valence electrons. The topological polar surface area (TPSA) is 74.4 Å². The largest absolute Gasteiger partial charge is 0.496 e. The van der Waals surface area contributed by atoms with Gasteiger partial charge in [-0.1, -0.05) is 17.3 Å². The number of nitrogens with two attached hydrogens (primary N) is 1. The zero-order chi connectivity index (χ0) is 14.1. The monoisotopic (exact) mass is 270 g/mol. The number of methoxy groups -OCH3 is 1. The highest BCUT2D eigenvalue weighted by Gasteiger charge is 2.20. The van der Waals surface area contributed by atoms with Crippen molar-refractivity contribution >= 4 is 5.82 Å². The van der Waals surface area contributed by atoms with Crippen molar-refractivity contribution in [2.75, 3.05) is 12.8 Å². The molecule has 2 heterocycles. The lowest BCUT2D eigenvalue weighted by Gasteiger charge is -2.07. The summed E-state index contributed by atoms with van der Waals surface area (Å²) in [6, 6.07) is 9.41. The van der Waals surface area contributed by atoms with Crippen LogP contribution in [0.1, 0.15) is 5.56 Å². The van der Waals surface area contributed by atoms with Gasteiger partial charge in [-0.15, -0.1) is 0 Å². The summed E-state index contributed by atoms with van der Waals surface area (Å²) >= 11 is 0. The van der Waals surface area contributed by atoms with Crippen LogP contribution in [0.3, 0.4) is 0 Å². The predicted molar refractivity (Wildman–Crippen MR) is 75.3 cm³/mol. The molecule has 0 spiro atoms. The molecule has 0 bridgehead atoms. The maximum atomic E-state index is 5.92. The number of hydrogen-bond donors (Lipinski definition) is 1. The van der Waals surface area contributed by atoms with E-state index in [2.05, 4.69) is 5.16 Å². The Kier molecular flexibility index (Phi) is 2.95. The Balaban J connectivity index is 2.17. The van der Waals surface area contributed by atoms with Crippen LogP contribution in [-0.4, -0.2) is 12.3 Å². The fourth-order valence-corrected chi connectivity index (χ4v) is 2.13. The summed E-state index contributed by atoms with van der Waals surface area (Å²) in [7, 11) is 1.64. The second kappa shape index (κ2) is 4.77. The Hall–Kier alpha value is -2.69. The number of furan rings is 1. The molecule has 5 heteroatoms. The van der Waals surface area contributed by atoms with E-state index in [0.29, 0.717) is 22.9 Å². The molecule has 0 aliphatic carbocycles. The molecule has 20 heavy (non-hydrogen) atoms. The molecule has 0 aliphatic rings. The van der Waals surface area contributed by atoms with Gasteiger partial charge in [0.25, 0.3) is 0 Å². The minimum atomic E-state index is 0.322. The number of benzene rings is 1. The van der Waals surface area contributed by atoms with Crippen LogP contribution >= 0.6 is 0 Å². The Morgan fingerprint density at radius 1 is 1.25 bits per heavy atom. The fourth-order valence-electron chi connectivity index (χ4n) is 2.13. The van der Waals surface area contributed by atoms with E-state index in [9.17, 15) is 0 Å². The van der Waals surface area contributed by atoms with Gasteiger partial charge in [0.15, 0.2) is 11.6 Å². The van der Waals surface area contributed by atoms with Crippen LogP contribution in [0.25, 0.3) is 22.6 Å². The number of aryl methyl sites for hydroxylation is 1. The van der Waals surface area contributed by atoms with Crippen molar-refractivity contribution in [2.24, 2.45) is 0 Å². The molecular weight excluding hydrogens is 256 g/mol. The average molecular weight is 270 g/mol. The van der Waals surface area contributed by atoms with Crippen LogP contribution in [-0.2, 0) is 0 Å². The highest BCUT2D eigenvalue weighted by Crippen LogP contribution is 2.38. The summed E-state index contributed by atoms with van der Waals surface area (Å²) < 4.78 is 16.0. The van der Waals surface area contributed by atoms with Gasteiger partial charge in [-0.25, -0.2) is 0 Å². The van der Waals surface area contributed by atoms with Crippen molar-refractivity contribution in [1.82, 2.24) is 5.16 Å². The number of nitrogens with zero attached hydrogens (tertiary/aromatic N) is 1. The van der Waals surface area contributed by atoms with Crippen molar-refractivity contribution in [3.63, 3.8) is 0 Å². The molecule has 0 amide bonds. The average Bonchev–Trinajstić information content (AvgIpc) is 3.08. The number of nitrogen functional groups attached to an aromatic ring is 1. The molecule has 0 fully saturated rings. The van der Waals surface area contributed by atoms with Crippen LogP contribution in [0, 0.1) is 6.92 Å². The summed E-state index contributed by atoms with van der Waals surface area (Å²) in [5.41, 5.74) is 8.55. The SMILES string of the molecule is COc1cc(-c2c(N)noc2-c2ccco2)ccc1C. The summed E-state index contributed by atoms with van der Waals surface area (Å²) in [6.07, 6.45) is 1.58. The lowest BCUT2D eigenvalue weighted by atomic mass is 10.0. The van der Waals surface area contributed by atoms with E-state index < -0.39 is 0 Å². The number of aromatic nitrogens is 1. The van der Waals surface area contributed by atoms with Gasteiger partial charge in [-0.2, -0.15) is 0 Å². The van der Waals surface area contributed by atoms with E-state index in [0.717, 1.165) is 16.9 Å². The molecule has 1 aromatic carbocycles. The van der Waals surface area contributed by atoms with Crippen LogP contribution in [0.5, 0.6) is 5.75 Å². The quantitative estimate of drug-likeness (QED) is 0.788. The predicted octanol–water partition coefficient (Wildman–Crippen LogP) is 3.50. The number of hydrogen-bond acceptors (Lipinski definition) is 5. The maximum Gasteiger partial charge on any atom is 0.212 e. The molecule has 3 rings (SSSR count). The normalized spacial score (nSPS) is 10.7. The van der Waals surface area contributed by atoms with Crippen LogP contribution in [0.4, 0.5) is 5.82 Å². The van der Waals surface area contributed by atoms with E-state index in [-0.39, 0.29) is 0 Å². The zero-order valence-corrected chi connectivity index (χ0v) is 11.2.